The van der Waals surface area contributed by atoms with Crippen molar-refractivity contribution in [1.29, 1.82) is 0 Å². The summed E-state index contributed by atoms with van der Waals surface area (Å²) in [4.78, 5) is 24.1. The highest BCUT2D eigenvalue weighted by molar-refractivity contribution is 7.92. The molecule has 9 heteroatoms. The van der Waals surface area contributed by atoms with Crippen LogP contribution >= 0.6 is 0 Å². The average Bonchev–Trinajstić information content (AvgIpc) is 3.05. The molecule has 1 aromatic carbocycles. The highest BCUT2D eigenvalue weighted by atomic mass is 32.2. The number of aliphatic hydroxyl groups is 1. The molecule has 2 amide bonds. The van der Waals surface area contributed by atoms with Gasteiger partial charge in [0.25, 0.3) is 0 Å². The van der Waals surface area contributed by atoms with Gasteiger partial charge >= 0.3 is 11.8 Å². The first kappa shape index (κ1) is 19.6. The Kier molecular flexibility index (Phi) is 5.43. The van der Waals surface area contributed by atoms with Crippen LogP contribution in [0.5, 0.6) is 0 Å². The summed E-state index contributed by atoms with van der Waals surface area (Å²) in [6.45, 7) is 0.438. The number of nitrogens with zero attached hydrogens (tertiary/aromatic N) is 1. The van der Waals surface area contributed by atoms with E-state index in [-0.39, 0.29) is 6.54 Å². The summed E-state index contributed by atoms with van der Waals surface area (Å²) in [6.07, 6.45) is 5.68. The molecule has 1 saturated carbocycles. The molecule has 0 aromatic heterocycles. The van der Waals surface area contributed by atoms with Gasteiger partial charge in [-0.3, -0.25) is 13.9 Å². The Labute approximate surface area is 159 Å². The molecule has 0 spiro atoms. The van der Waals surface area contributed by atoms with Gasteiger partial charge < -0.3 is 15.7 Å². The van der Waals surface area contributed by atoms with Crippen molar-refractivity contribution >= 4 is 33.2 Å². The van der Waals surface area contributed by atoms with Crippen molar-refractivity contribution in [1.82, 2.24) is 5.32 Å². The predicted octanol–water partition coefficient (Wildman–Crippen LogP) is 0.759. The smallest absolute Gasteiger partial charge is 0.313 e. The third-order valence-corrected chi connectivity index (χ3v) is 6.32. The van der Waals surface area contributed by atoms with Crippen LogP contribution in [-0.2, 0) is 26.0 Å². The Morgan fingerprint density at radius 1 is 1.19 bits per heavy atom. The molecule has 27 heavy (non-hydrogen) atoms. The fourth-order valence-electron chi connectivity index (χ4n) is 3.69. The summed E-state index contributed by atoms with van der Waals surface area (Å²) in [5, 5.41) is 15.2. The van der Waals surface area contributed by atoms with Crippen LogP contribution in [0.25, 0.3) is 0 Å². The molecule has 1 aliphatic heterocycles. The van der Waals surface area contributed by atoms with Gasteiger partial charge in [0.1, 0.15) is 0 Å². The van der Waals surface area contributed by atoms with Crippen molar-refractivity contribution in [2.75, 3.05) is 29.0 Å². The van der Waals surface area contributed by atoms with Gasteiger partial charge in [-0.2, -0.15) is 0 Å². The van der Waals surface area contributed by atoms with Crippen LogP contribution in [0.3, 0.4) is 0 Å². The molecule has 2 aliphatic rings. The summed E-state index contributed by atoms with van der Waals surface area (Å²) in [5.41, 5.74) is 0.835. The number of carbonyl (C=O) groups is 2. The highest BCUT2D eigenvalue weighted by Gasteiger charge is 2.32. The molecular weight excluding hydrogens is 370 g/mol. The van der Waals surface area contributed by atoms with E-state index < -0.39 is 27.4 Å². The van der Waals surface area contributed by atoms with Gasteiger partial charge in [-0.25, -0.2) is 8.42 Å². The van der Waals surface area contributed by atoms with E-state index in [9.17, 15) is 23.1 Å². The van der Waals surface area contributed by atoms with Gasteiger partial charge in [0.2, 0.25) is 10.0 Å². The predicted molar refractivity (Wildman–Crippen MR) is 102 cm³/mol. The summed E-state index contributed by atoms with van der Waals surface area (Å²) in [6, 6.07) is 4.99. The maximum atomic E-state index is 12.1. The maximum absolute atomic E-state index is 12.1. The Morgan fingerprint density at radius 3 is 2.56 bits per heavy atom. The molecule has 0 atom stereocenters. The van der Waals surface area contributed by atoms with Crippen LogP contribution in [0.4, 0.5) is 11.4 Å². The number of benzene rings is 1. The summed E-state index contributed by atoms with van der Waals surface area (Å²) in [5.74, 6) is -1.67. The quantitative estimate of drug-likeness (QED) is 0.651. The van der Waals surface area contributed by atoms with Gasteiger partial charge in [0.15, 0.2) is 0 Å². The van der Waals surface area contributed by atoms with E-state index in [4.69, 9.17) is 0 Å². The van der Waals surface area contributed by atoms with E-state index in [1.807, 2.05) is 0 Å². The van der Waals surface area contributed by atoms with Crippen molar-refractivity contribution in [2.24, 2.45) is 0 Å². The van der Waals surface area contributed by atoms with Crippen LogP contribution in [0.15, 0.2) is 18.2 Å². The summed E-state index contributed by atoms with van der Waals surface area (Å²) in [7, 11) is -3.41. The van der Waals surface area contributed by atoms with Gasteiger partial charge in [-0.15, -0.1) is 0 Å². The van der Waals surface area contributed by atoms with Crippen LogP contribution in [-0.4, -0.2) is 50.3 Å². The second kappa shape index (κ2) is 7.47. The molecule has 0 unspecified atom stereocenters. The lowest BCUT2D eigenvalue weighted by Gasteiger charge is -2.29. The largest absolute Gasteiger partial charge is 0.388 e. The number of hydrogen-bond donors (Lipinski definition) is 3. The van der Waals surface area contributed by atoms with Crippen LogP contribution in [0.1, 0.15) is 37.7 Å². The Bertz CT molecular complexity index is 847. The number of nitrogens with one attached hydrogen (secondary N) is 2. The molecule has 1 aromatic rings. The molecule has 1 heterocycles. The molecule has 1 fully saturated rings. The minimum Gasteiger partial charge on any atom is -0.388 e. The first-order chi connectivity index (χ1) is 12.7. The molecule has 3 rings (SSSR count). The fourth-order valence-corrected chi connectivity index (χ4v) is 4.67. The second-order valence-electron chi connectivity index (χ2n) is 7.35. The molecule has 0 bridgehead atoms. The number of fused-ring (bicyclic) bond motifs is 1. The Balaban J connectivity index is 1.67. The van der Waals surface area contributed by atoms with Crippen LogP contribution in [0, 0.1) is 0 Å². The van der Waals surface area contributed by atoms with Crippen LogP contribution < -0.4 is 14.9 Å². The zero-order valence-corrected chi connectivity index (χ0v) is 16.1. The maximum Gasteiger partial charge on any atom is 0.313 e. The molecule has 3 N–H and O–H groups in total. The molecule has 1 aliphatic carbocycles. The van der Waals surface area contributed by atoms with E-state index in [0.717, 1.165) is 37.5 Å². The number of anilines is 2. The number of hydrogen-bond acceptors (Lipinski definition) is 5. The fraction of sp³-hybridized carbons (Fsp3) is 0.556. The number of sulfonamides is 1. The Hall–Kier alpha value is -2.13. The topological polar surface area (TPSA) is 116 Å². The normalized spacial score (nSPS) is 18.7. The summed E-state index contributed by atoms with van der Waals surface area (Å²) < 4.78 is 25.3. The van der Waals surface area contributed by atoms with Crippen molar-refractivity contribution in [2.45, 2.75) is 44.1 Å². The lowest BCUT2D eigenvalue weighted by atomic mass is 10.0. The van der Waals surface area contributed by atoms with E-state index >= 15 is 0 Å². The highest BCUT2D eigenvalue weighted by Crippen LogP contribution is 2.32. The molecule has 148 valence electrons. The van der Waals surface area contributed by atoms with Gasteiger partial charge in [-0.1, -0.05) is 18.9 Å². The van der Waals surface area contributed by atoms with Gasteiger partial charge in [0, 0.05) is 18.8 Å². The van der Waals surface area contributed by atoms with E-state index in [2.05, 4.69) is 10.6 Å². The number of aryl methyl sites for hydroxylation is 1. The second-order valence-corrected chi connectivity index (χ2v) is 9.26. The number of carbonyl (C=O) groups excluding carboxylic acids is 2. The van der Waals surface area contributed by atoms with Gasteiger partial charge in [-0.05, 0) is 43.4 Å². The SMILES string of the molecule is CS(=O)(=O)N1CCCc2ccc(NC(=O)C(=O)NCC3(O)CCCC3)cc21. The van der Waals surface area contributed by atoms with E-state index in [0.29, 0.717) is 30.8 Å². The lowest BCUT2D eigenvalue weighted by Crippen LogP contribution is -2.44. The van der Waals surface area contributed by atoms with E-state index in [1.54, 1.807) is 18.2 Å². The van der Waals surface area contributed by atoms with Crippen molar-refractivity contribution < 1.29 is 23.1 Å². The summed E-state index contributed by atoms with van der Waals surface area (Å²) >= 11 is 0. The standard InChI is InChI=1S/C18H25N3O5S/c1-27(25,26)21-10-4-5-13-6-7-14(11-15(13)21)20-17(23)16(22)19-12-18(24)8-2-3-9-18/h6-7,11,24H,2-5,8-10,12H2,1H3,(H,19,22)(H,20,23). The van der Waals surface area contributed by atoms with Gasteiger partial charge in [0.05, 0.1) is 17.5 Å². The van der Waals surface area contributed by atoms with Crippen LogP contribution in [0.2, 0.25) is 0 Å². The van der Waals surface area contributed by atoms with Crippen molar-refractivity contribution in [3.8, 4) is 0 Å². The minimum atomic E-state index is -3.41. The molecule has 0 radical (unpaired) electrons. The molecule has 8 nitrogen and oxygen atoms in total. The van der Waals surface area contributed by atoms with E-state index in [1.165, 1.54) is 4.31 Å². The van der Waals surface area contributed by atoms with Crippen molar-refractivity contribution in [3.05, 3.63) is 23.8 Å². The number of rotatable bonds is 4. The monoisotopic (exact) mass is 395 g/mol. The molecular formula is C18H25N3O5S. The first-order valence-corrected chi connectivity index (χ1v) is 10.9. The first-order valence-electron chi connectivity index (χ1n) is 9.10. The van der Waals surface area contributed by atoms with Crippen molar-refractivity contribution in [3.63, 3.8) is 0 Å². The minimum absolute atomic E-state index is 0.0469. The third-order valence-electron chi connectivity index (χ3n) is 5.14. The zero-order chi connectivity index (χ0) is 19.7. The third kappa shape index (κ3) is 4.59. The lowest BCUT2D eigenvalue weighted by molar-refractivity contribution is -0.136. The zero-order valence-electron chi connectivity index (χ0n) is 15.3. The average molecular weight is 395 g/mol. The molecule has 0 saturated heterocycles. The Morgan fingerprint density at radius 2 is 1.89 bits per heavy atom. The number of amides is 2.